The molecule has 2 aliphatic rings. The maximum Gasteiger partial charge on any atom is 0.308 e. The van der Waals surface area contributed by atoms with Crippen LogP contribution in [0.15, 0.2) is 0 Å². The minimum Gasteiger partial charge on any atom is -0.481 e. The lowest BCUT2D eigenvalue weighted by molar-refractivity contribution is -0.146. The quantitative estimate of drug-likeness (QED) is 0.799. The van der Waals surface area contributed by atoms with Gasteiger partial charge in [0.2, 0.25) is 0 Å². The fourth-order valence-corrected chi connectivity index (χ4v) is 4.27. The average Bonchev–Trinajstić information content (AvgIpc) is 2.92. The Hall–Kier alpha value is -0.570. The molecular formula is C18H33NO2. The van der Waals surface area contributed by atoms with Crippen molar-refractivity contribution in [2.75, 3.05) is 6.54 Å². The number of aliphatic carboxylic acids is 1. The van der Waals surface area contributed by atoms with E-state index in [1.807, 2.05) is 0 Å². The van der Waals surface area contributed by atoms with Gasteiger partial charge in [-0.1, -0.05) is 33.6 Å². The summed E-state index contributed by atoms with van der Waals surface area (Å²) in [5.74, 6) is 0.653. The predicted octanol–water partition coefficient (Wildman–Crippen LogP) is 4.17. The molecule has 3 atom stereocenters. The van der Waals surface area contributed by atoms with Gasteiger partial charge in [-0.2, -0.15) is 0 Å². The third-order valence-electron chi connectivity index (χ3n) is 5.58. The van der Waals surface area contributed by atoms with Gasteiger partial charge in [0.05, 0.1) is 5.92 Å². The topological polar surface area (TPSA) is 40.5 Å². The summed E-state index contributed by atoms with van der Waals surface area (Å²) in [5.41, 5.74) is 0. The molecule has 2 fully saturated rings. The summed E-state index contributed by atoms with van der Waals surface area (Å²) < 4.78 is 0. The summed E-state index contributed by atoms with van der Waals surface area (Å²) in [6.07, 6.45) is 9.40. The highest BCUT2D eigenvalue weighted by atomic mass is 16.4. The highest BCUT2D eigenvalue weighted by molar-refractivity contribution is 5.71. The standard InChI is InChI=1S/C18H33NO2/c1-13(2)10-11-19(15-6-4-5-7-15)17-12-14(3)8-9-16(17)18(20)21/h13-17H,4-12H2,1-3H3,(H,20,21). The van der Waals surface area contributed by atoms with Gasteiger partial charge in [-0.3, -0.25) is 9.69 Å². The number of hydrogen-bond donors (Lipinski definition) is 1. The highest BCUT2D eigenvalue weighted by Crippen LogP contribution is 2.36. The van der Waals surface area contributed by atoms with E-state index < -0.39 is 5.97 Å². The summed E-state index contributed by atoms with van der Waals surface area (Å²) >= 11 is 0. The van der Waals surface area contributed by atoms with E-state index in [1.165, 1.54) is 32.1 Å². The van der Waals surface area contributed by atoms with Crippen LogP contribution in [0.3, 0.4) is 0 Å². The largest absolute Gasteiger partial charge is 0.481 e. The minimum absolute atomic E-state index is 0.144. The molecule has 2 aliphatic carbocycles. The first-order valence-electron chi connectivity index (χ1n) is 8.97. The lowest BCUT2D eigenvalue weighted by Gasteiger charge is -2.43. The van der Waals surface area contributed by atoms with Crippen LogP contribution in [0.2, 0.25) is 0 Å². The molecule has 0 aromatic carbocycles. The molecule has 3 heteroatoms. The van der Waals surface area contributed by atoms with E-state index >= 15 is 0 Å². The molecule has 3 unspecified atom stereocenters. The highest BCUT2D eigenvalue weighted by Gasteiger charge is 2.40. The van der Waals surface area contributed by atoms with Gasteiger partial charge in [0.25, 0.3) is 0 Å². The monoisotopic (exact) mass is 295 g/mol. The van der Waals surface area contributed by atoms with Crippen molar-refractivity contribution in [3.63, 3.8) is 0 Å². The Balaban J connectivity index is 2.12. The molecule has 0 amide bonds. The maximum atomic E-state index is 11.7. The van der Waals surface area contributed by atoms with E-state index in [0.717, 1.165) is 25.8 Å². The van der Waals surface area contributed by atoms with E-state index in [0.29, 0.717) is 17.9 Å². The Kier molecular flexibility index (Phi) is 6.09. The predicted molar refractivity (Wildman–Crippen MR) is 86.3 cm³/mol. The molecule has 0 aliphatic heterocycles. The zero-order valence-corrected chi connectivity index (χ0v) is 14.1. The first kappa shape index (κ1) is 16.8. The van der Waals surface area contributed by atoms with Crippen LogP contribution in [0, 0.1) is 17.8 Å². The van der Waals surface area contributed by atoms with Crippen LogP contribution < -0.4 is 0 Å². The van der Waals surface area contributed by atoms with Gasteiger partial charge in [-0.25, -0.2) is 0 Å². The molecular weight excluding hydrogens is 262 g/mol. The summed E-state index contributed by atoms with van der Waals surface area (Å²) in [7, 11) is 0. The lowest BCUT2D eigenvalue weighted by atomic mass is 9.77. The van der Waals surface area contributed by atoms with Gasteiger partial charge in [-0.15, -0.1) is 0 Å². The molecule has 1 N–H and O–H groups in total. The number of nitrogens with zero attached hydrogens (tertiary/aromatic N) is 1. The van der Waals surface area contributed by atoms with Crippen LogP contribution in [0.4, 0.5) is 0 Å². The van der Waals surface area contributed by atoms with Gasteiger partial charge < -0.3 is 5.11 Å². The third kappa shape index (κ3) is 4.45. The van der Waals surface area contributed by atoms with Crippen molar-refractivity contribution >= 4 is 5.97 Å². The van der Waals surface area contributed by atoms with Crippen LogP contribution in [0.25, 0.3) is 0 Å². The van der Waals surface area contributed by atoms with Gasteiger partial charge in [0, 0.05) is 12.1 Å². The summed E-state index contributed by atoms with van der Waals surface area (Å²) in [6.45, 7) is 7.92. The van der Waals surface area contributed by atoms with Gasteiger partial charge in [-0.05, 0) is 56.9 Å². The molecule has 0 saturated heterocycles. The van der Waals surface area contributed by atoms with Gasteiger partial charge in [0.1, 0.15) is 0 Å². The van der Waals surface area contributed by atoms with Crippen molar-refractivity contribution in [2.45, 2.75) is 84.2 Å². The fraction of sp³-hybridized carbons (Fsp3) is 0.944. The summed E-state index contributed by atoms with van der Waals surface area (Å²) in [6, 6.07) is 0.911. The zero-order valence-electron chi connectivity index (χ0n) is 14.1. The second kappa shape index (κ2) is 7.62. The summed E-state index contributed by atoms with van der Waals surface area (Å²) in [4.78, 5) is 14.3. The van der Waals surface area contributed by atoms with Crippen LogP contribution in [-0.4, -0.2) is 34.6 Å². The normalized spacial score (nSPS) is 31.2. The molecule has 122 valence electrons. The van der Waals surface area contributed by atoms with Gasteiger partial charge >= 0.3 is 5.97 Å². The van der Waals surface area contributed by atoms with E-state index in [1.54, 1.807) is 0 Å². The molecule has 0 heterocycles. The van der Waals surface area contributed by atoms with Crippen molar-refractivity contribution in [1.82, 2.24) is 4.90 Å². The van der Waals surface area contributed by atoms with E-state index in [2.05, 4.69) is 25.7 Å². The third-order valence-corrected chi connectivity index (χ3v) is 5.58. The Morgan fingerprint density at radius 2 is 1.86 bits per heavy atom. The molecule has 0 radical (unpaired) electrons. The van der Waals surface area contributed by atoms with Crippen molar-refractivity contribution in [1.29, 1.82) is 0 Å². The second-order valence-corrected chi connectivity index (χ2v) is 7.79. The Bertz CT molecular complexity index is 336. The van der Waals surface area contributed by atoms with E-state index in [4.69, 9.17) is 0 Å². The molecule has 0 bridgehead atoms. The van der Waals surface area contributed by atoms with Crippen molar-refractivity contribution in [2.24, 2.45) is 17.8 Å². The Morgan fingerprint density at radius 3 is 2.43 bits per heavy atom. The smallest absolute Gasteiger partial charge is 0.308 e. The maximum absolute atomic E-state index is 11.7. The fourth-order valence-electron chi connectivity index (χ4n) is 4.27. The molecule has 0 spiro atoms. The van der Waals surface area contributed by atoms with Crippen molar-refractivity contribution in [3.8, 4) is 0 Å². The Labute approximate surface area is 130 Å². The summed E-state index contributed by atoms with van der Waals surface area (Å²) in [5, 5.41) is 9.64. The molecule has 2 rings (SSSR count). The van der Waals surface area contributed by atoms with E-state index in [9.17, 15) is 9.90 Å². The SMILES string of the molecule is CC(C)CCN(C1CCCC1)C1CC(C)CCC1C(=O)O. The van der Waals surface area contributed by atoms with Crippen LogP contribution in [0.5, 0.6) is 0 Å². The second-order valence-electron chi connectivity index (χ2n) is 7.79. The molecule has 0 aromatic heterocycles. The number of carboxylic acid groups (broad SMARTS) is 1. The minimum atomic E-state index is -0.570. The van der Waals surface area contributed by atoms with Crippen molar-refractivity contribution in [3.05, 3.63) is 0 Å². The Morgan fingerprint density at radius 1 is 1.19 bits per heavy atom. The lowest BCUT2D eigenvalue weighted by Crippen LogP contribution is -2.51. The first-order valence-corrected chi connectivity index (χ1v) is 8.97. The molecule has 0 aromatic rings. The zero-order chi connectivity index (χ0) is 15.4. The number of rotatable bonds is 6. The number of carbonyl (C=O) groups is 1. The van der Waals surface area contributed by atoms with Crippen LogP contribution >= 0.6 is 0 Å². The van der Waals surface area contributed by atoms with Crippen LogP contribution in [-0.2, 0) is 4.79 Å². The first-order chi connectivity index (χ1) is 9.99. The average molecular weight is 295 g/mol. The molecule has 21 heavy (non-hydrogen) atoms. The molecule has 3 nitrogen and oxygen atoms in total. The van der Waals surface area contributed by atoms with Crippen molar-refractivity contribution < 1.29 is 9.90 Å². The number of carboxylic acids is 1. The van der Waals surface area contributed by atoms with Crippen LogP contribution in [0.1, 0.15) is 72.1 Å². The van der Waals surface area contributed by atoms with E-state index in [-0.39, 0.29) is 12.0 Å². The number of hydrogen-bond acceptors (Lipinski definition) is 2. The molecule has 2 saturated carbocycles. The van der Waals surface area contributed by atoms with Gasteiger partial charge in [0.15, 0.2) is 0 Å².